The van der Waals surface area contributed by atoms with Crippen LogP contribution in [0.2, 0.25) is 10.0 Å². The van der Waals surface area contributed by atoms with Crippen molar-refractivity contribution in [3.63, 3.8) is 0 Å². The Kier molecular flexibility index (Phi) is 12.6. The number of hydrogen-bond donors (Lipinski definition) is 1. The fraction of sp³-hybridized carbons (Fsp3) is 0.257. The molecular weight excluding hydrogens is 661 g/mol. The summed E-state index contributed by atoms with van der Waals surface area (Å²) in [6, 6.07) is 26.8. The molecule has 11 heteroatoms. The summed E-state index contributed by atoms with van der Waals surface area (Å²) >= 11 is 14.2. The summed E-state index contributed by atoms with van der Waals surface area (Å²) in [6.07, 6.45) is 2.82. The standard InChI is InChI=1S/C35H37Cl2N3O4S2/c1-4-20-38-35(42)33(21-26-8-6-5-7-9-26)39(23-27-12-13-28(36)22-32(27)37)34(41)24-40(29-14-10-25(2)11-15-29)46(43,44)31-18-16-30(45-3)17-19-31/h5-19,22,33H,4,20-21,23-24H2,1-3H3,(H,38,42)/t33-/m1/s1. The maximum Gasteiger partial charge on any atom is 0.264 e. The molecule has 0 saturated heterocycles. The fourth-order valence-electron chi connectivity index (χ4n) is 4.87. The molecule has 1 N–H and O–H groups in total. The molecule has 0 aliphatic carbocycles. The van der Waals surface area contributed by atoms with E-state index in [2.05, 4.69) is 5.32 Å². The van der Waals surface area contributed by atoms with Crippen LogP contribution in [-0.2, 0) is 32.6 Å². The number of anilines is 1. The van der Waals surface area contributed by atoms with Gasteiger partial charge in [-0.15, -0.1) is 11.8 Å². The van der Waals surface area contributed by atoms with Crippen LogP contribution in [0, 0.1) is 6.92 Å². The van der Waals surface area contributed by atoms with Crippen molar-refractivity contribution in [2.75, 3.05) is 23.7 Å². The van der Waals surface area contributed by atoms with E-state index < -0.39 is 28.5 Å². The van der Waals surface area contributed by atoms with Gasteiger partial charge in [-0.2, -0.15) is 0 Å². The lowest BCUT2D eigenvalue weighted by Crippen LogP contribution is -2.53. The van der Waals surface area contributed by atoms with Gasteiger partial charge in [-0.1, -0.05) is 84.2 Å². The van der Waals surface area contributed by atoms with E-state index in [1.807, 2.05) is 50.4 Å². The third-order valence-corrected chi connectivity index (χ3v) is 10.5. The monoisotopic (exact) mass is 697 g/mol. The van der Waals surface area contributed by atoms with E-state index in [0.29, 0.717) is 34.3 Å². The molecule has 0 fully saturated rings. The minimum atomic E-state index is -4.19. The zero-order valence-corrected chi connectivity index (χ0v) is 29.1. The quantitative estimate of drug-likeness (QED) is 0.139. The molecule has 0 heterocycles. The average Bonchev–Trinajstić information content (AvgIpc) is 3.05. The molecule has 4 rings (SSSR count). The number of hydrogen-bond acceptors (Lipinski definition) is 5. The summed E-state index contributed by atoms with van der Waals surface area (Å²) in [5.74, 6) is -0.912. The number of carbonyl (C=O) groups is 2. The molecule has 0 aromatic heterocycles. The van der Waals surface area contributed by atoms with Crippen LogP contribution in [0.3, 0.4) is 0 Å². The third kappa shape index (κ3) is 9.06. The van der Waals surface area contributed by atoms with Gasteiger partial charge in [0.25, 0.3) is 10.0 Å². The number of rotatable bonds is 14. The molecule has 0 spiro atoms. The summed E-state index contributed by atoms with van der Waals surface area (Å²) in [5.41, 5.74) is 2.67. The Labute approximate surface area is 286 Å². The van der Waals surface area contributed by atoms with Gasteiger partial charge in [-0.25, -0.2) is 8.42 Å². The van der Waals surface area contributed by atoms with Gasteiger partial charge in [0, 0.05) is 34.5 Å². The number of thioether (sulfide) groups is 1. The van der Waals surface area contributed by atoms with Crippen molar-refractivity contribution < 1.29 is 18.0 Å². The fourth-order valence-corrected chi connectivity index (χ4v) is 7.16. The van der Waals surface area contributed by atoms with E-state index in [1.165, 1.54) is 28.8 Å². The average molecular weight is 699 g/mol. The molecule has 0 bridgehead atoms. The predicted octanol–water partition coefficient (Wildman–Crippen LogP) is 7.39. The molecule has 46 heavy (non-hydrogen) atoms. The smallest absolute Gasteiger partial charge is 0.264 e. The second-order valence-electron chi connectivity index (χ2n) is 10.8. The Bertz CT molecular complexity index is 1740. The molecule has 2 amide bonds. The second kappa shape index (κ2) is 16.4. The maximum atomic E-state index is 14.5. The normalized spacial score (nSPS) is 11.9. The Morgan fingerprint density at radius 3 is 2.20 bits per heavy atom. The van der Waals surface area contributed by atoms with E-state index in [-0.39, 0.29) is 23.8 Å². The number of aryl methyl sites for hydroxylation is 1. The number of benzene rings is 4. The molecule has 0 unspecified atom stereocenters. The molecular formula is C35H37Cl2N3O4S2. The predicted molar refractivity (Wildman–Crippen MR) is 188 cm³/mol. The lowest BCUT2D eigenvalue weighted by Gasteiger charge is -2.34. The van der Waals surface area contributed by atoms with Gasteiger partial charge >= 0.3 is 0 Å². The number of halogens is 2. The van der Waals surface area contributed by atoms with E-state index in [4.69, 9.17) is 23.2 Å². The number of amides is 2. The summed E-state index contributed by atoms with van der Waals surface area (Å²) in [6.45, 7) is 3.67. The molecule has 4 aromatic carbocycles. The Morgan fingerprint density at radius 1 is 0.913 bits per heavy atom. The van der Waals surface area contributed by atoms with Crippen molar-refractivity contribution in [1.82, 2.24) is 10.2 Å². The van der Waals surface area contributed by atoms with Crippen LogP contribution < -0.4 is 9.62 Å². The van der Waals surface area contributed by atoms with Crippen LogP contribution in [0.25, 0.3) is 0 Å². The van der Waals surface area contributed by atoms with E-state index in [9.17, 15) is 18.0 Å². The van der Waals surface area contributed by atoms with Crippen LogP contribution in [0.4, 0.5) is 5.69 Å². The molecule has 4 aromatic rings. The number of nitrogens with zero attached hydrogens (tertiary/aromatic N) is 2. The van der Waals surface area contributed by atoms with Crippen molar-refractivity contribution in [2.45, 2.75) is 49.1 Å². The lowest BCUT2D eigenvalue weighted by atomic mass is 10.0. The number of carbonyl (C=O) groups excluding carboxylic acids is 2. The van der Waals surface area contributed by atoms with Gasteiger partial charge in [0.05, 0.1) is 10.6 Å². The minimum Gasteiger partial charge on any atom is -0.354 e. The minimum absolute atomic E-state index is 0.0455. The van der Waals surface area contributed by atoms with Crippen LogP contribution in [-0.4, -0.2) is 50.5 Å². The summed E-state index contributed by atoms with van der Waals surface area (Å²) in [7, 11) is -4.19. The van der Waals surface area contributed by atoms with Crippen LogP contribution in [0.15, 0.2) is 107 Å². The van der Waals surface area contributed by atoms with Gasteiger partial charge in [0.15, 0.2) is 0 Å². The highest BCUT2D eigenvalue weighted by atomic mass is 35.5. The Hall–Kier alpha value is -3.50. The maximum absolute atomic E-state index is 14.5. The van der Waals surface area contributed by atoms with Gasteiger partial charge in [-0.05, 0) is 79.3 Å². The van der Waals surface area contributed by atoms with Gasteiger partial charge in [0.1, 0.15) is 12.6 Å². The highest BCUT2D eigenvalue weighted by molar-refractivity contribution is 7.98. The molecule has 0 saturated carbocycles. The van der Waals surface area contributed by atoms with Crippen LogP contribution >= 0.6 is 35.0 Å². The van der Waals surface area contributed by atoms with Crippen molar-refractivity contribution in [3.05, 3.63) is 124 Å². The molecule has 0 aliphatic heterocycles. The summed E-state index contributed by atoms with van der Waals surface area (Å²) in [4.78, 5) is 30.7. The first-order valence-corrected chi connectivity index (χ1v) is 18.2. The van der Waals surface area contributed by atoms with Gasteiger partial charge in [-0.3, -0.25) is 13.9 Å². The second-order valence-corrected chi connectivity index (χ2v) is 14.4. The third-order valence-electron chi connectivity index (χ3n) is 7.42. The van der Waals surface area contributed by atoms with Gasteiger partial charge in [0.2, 0.25) is 11.8 Å². The highest BCUT2D eigenvalue weighted by Gasteiger charge is 2.35. The Morgan fingerprint density at radius 2 is 1.59 bits per heavy atom. The first kappa shape index (κ1) is 35.4. The largest absolute Gasteiger partial charge is 0.354 e. The molecule has 242 valence electrons. The van der Waals surface area contributed by atoms with Crippen molar-refractivity contribution in [3.8, 4) is 0 Å². The summed E-state index contributed by atoms with van der Waals surface area (Å²) < 4.78 is 29.5. The van der Waals surface area contributed by atoms with E-state index in [0.717, 1.165) is 20.3 Å². The van der Waals surface area contributed by atoms with Crippen LogP contribution in [0.5, 0.6) is 0 Å². The van der Waals surface area contributed by atoms with Gasteiger partial charge < -0.3 is 10.2 Å². The van der Waals surface area contributed by atoms with Crippen LogP contribution in [0.1, 0.15) is 30.0 Å². The molecule has 1 atom stereocenters. The van der Waals surface area contributed by atoms with E-state index >= 15 is 0 Å². The van der Waals surface area contributed by atoms with Crippen molar-refractivity contribution in [2.24, 2.45) is 0 Å². The molecule has 7 nitrogen and oxygen atoms in total. The molecule has 0 aliphatic rings. The number of nitrogens with one attached hydrogen (secondary N) is 1. The summed E-state index contributed by atoms with van der Waals surface area (Å²) in [5, 5.41) is 3.69. The highest BCUT2D eigenvalue weighted by Crippen LogP contribution is 2.28. The number of sulfonamides is 1. The SMILES string of the molecule is CCCNC(=O)[C@@H](Cc1ccccc1)N(Cc1ccc(Cl)cc1Cl)C(=O)CN(c1ccc(C)cc1)S(=O)(=O)c1ccc(SC)cc1. The zero-order chi connectivity index (χ0) is 33.3. The first-order chi connectivity index (χ1) is 22.0. The lowest BCUT2D eigenvalue weighted by molar-refractivity contribution is -0.140. The zero-order valence-electron chi connectivity index (χ0n) is 26.0. The van der Waals surface area contributed by atoms with Crippen molar-refractivity contribution >= 4 is 62.5 Å². The Balaban J connectivity index is 1.81. The first-order valence-electron chi connectivity index (χ1n) is 14.8. The van der Waals surface area contributed by atoms with E-state index in [1.54, 1.807) is 54.6 Å². The topological polar surface area (TPSA) is 86.8 Å². The molecule has 0 radical (unpaired) electrons. The van der Waals surface area contributed by atoms with Crippen molar-refractivity contribution in [1.29, 1.82) is 0 Å².